The number of hydrogen-bond donors (Lipinski definition) is 1. The van der Waals surface area contributed by atoms with Gasteiger partial charge in [-0.3, -0.25) is 4.68 Å². The number of ether oxygens (including phenoxy) is 2. The van der Waals surface area contributed by atoms with Crippen LogP contribution in [0.4, 0.5) is 0 Å². The highest BCUT2D eigenvalue weighted by molar-refractivity contribution is 7.89. The topological polar surface area (TPSA) is 96.4 Å². The smallest absolute Gasteiger partial charge is 0.241 e. The number of aromatic nitrogens is 2. The van der Waals surface area contributed by atoms with Crippen molar-refractivity contribution < 1.29 is 17.9 Å². The lowest BCUT2D eigenvalue weighted by Crippen LogP contribution is -2.16. The minimum atomic E-state index is -3.74. The van der Waals surface area contributed by atoms with Crippen LogP contribution in [0, 0.1) is 0 Å². The minimum Gasteiger partial charge on any atom is -0.382 e. The van der Waals surface area contributed by atoms with Crippen molar-refractivity contribution in [2.75, 3.05) is 26.9 Å². The molecule has 0 saturated carbocycles. The third-order valence-electron chi connectivity index (χ3n) is 3.12. The molecule has 1 aromatic rings. The number of nitrogens with two attached hydrogens (primary N) is 1. The number of hydrogen-bond acceptors (Lipinski definition) is 5. The van der Waals surface area contributed by atoms with E-state index in [1.165, 1.54) is 0 Å². The molecule has 0 saturated heterocycles. The summed E-state index contributed by atoms with van der Waals surface area (Å²) in [5, 5.41) is 9.69. The molecule has 0 aromatic carbocycles. The van der Waals surface area contributed by atoms with Gasteiger partial charge in [-0.15, -0.1) is 0 Å². The van der Waals surface area contributed by atoms with Gasteiger partial charge in [-0.2, -0.15) is 5.10 Å². The summed E-state index contributed by atoms with van der Waals surface area (Å²) in [4.78, 5) is 0.188. The van der Waals surface area contributed by atoms with Crippen LogP contribution in [0.2, 0.25) is 0 Å². The van der Waals surface area contributed by atoms with E-state index in [1.807, 2.05) is 13.8 Å². The van der Waals surface area contributed by atoms with E-state index in [-0.39, 0.29) is 4.90 Å². The molecule has 0 spiro atoms. The van der Waals surface area contributed by atoms with Crippen LogP contribution < -0.4 is 5.14 Å². The summed E-state index contributed by atoms with van der Waals surface area (Å²) in [7, 11) is -2.11. The highest BCUT2D eigenvalue weighted by atomic mass is 32.2. The fourth-order valence-corrected chi connectivity index (χ4v) is 3.28. The number of methoxy groups -OCH3 is 1. The lowest BCUT2D eigenvalue weighted by molar-refractivity contribution is 0.0676. The number of primary sulfonamides is 1. The molecule has 1 aromatic heterocycles. The highest BCUT2D eigenvalue weighted by Gasteiger charge is 2.23. The monoisotopic (exact) mass is 319 g/mol. The normalized spacial score (nSPS) is 12.0. The van der Waals surface area contributed by atoms with Crippen molar-refractivity contribution in [3.05, 3.63) is 11.4 Å². The number of aryl methyl sites for hydroxylation is 2. The van der Waals surface area contributed by atoms with Gasteiger partial charge in [0.2, 0.25) is 10.0 Å². The molecule has 0 aliphatic rings. The van der Waals surface area contributed by atoms with E-state index in [2.05, 4.69) is 5.10 Å². The maximum Gasteiger partial charge on any atom is 0.241 e. The SMILES string of the molecule is CCc1nn(CCCOCCOC)c(CC)c1S(N)(=O)=O. The van der Waals surface area contributed by atoms with E-state index in [0.29, 0.717) is 50.6 Å². The summed E-state index contributed by atoms with van der Waals surface area (Å²) in [6.07, 6.45) is 1.87. The van der Waals surface area contributed by atoms with Gasteiger partial charge in [0, 0.05) is 20.3 Å². The van der Waals surface area contributed by atoms with E-state index in [1.54, 1.807) is 11.8 Å². The Morgan fingerprint density at radius 1 is 1.19 bits per heavy atom. The van der Waals surface area contributed by atoms with E-state index in [9.17, 15) is 8.42 Å². The quantitative estimate of drug-likeness (QED) is 0.641. The van der Waals surface area contributed by atoms with Gasteiger partial charge >= 0.3 is 0 Å². The Labute approximate surface area is 126 Å². The Bertz CT molecular complexity index is 540. The predicted octanol–water partition coefficient (Wildman–Crippen LogP) is 0.708. The van der Waals surface area contributed by atoms with Crippen LogP contribution in [0.1, 0.15) is 31.7 Å². The second-order valence-corrected chi connectivity index (χ2v) is 6.15. The van der Waals surface area contributed by atoms with E-state index in [4.69, 9.17) is 14.6 Å². The highest BCUT2D eigenvalue weighted by Crippen LogP contribution is 2.21. The van der Waals surface area contributed by atoms with E-state index in [0.717, 1.165) is 6.42 Å². The molecule has 0 bridgehead atoms. The third kappa shape index (κ3) is 5.06. The molecule has 0 aliphatic heterocycles. The van der Waals surface area contributed by atoms with E-state index < -0.39 is 10.0 Å². The molecule has 21 heavy (non-hydrogen) atoms. The van der Waals surface area contributed by atoms with Gasteiger partial charge in [0.1, 0.15) is 4.90 Å². The molecular weight excluding hydrogens is 294 g/mol. The molecule has 0 amide bonds. The summed E-state index contributed by atoms with van der Waals surface area (Å²) in [5.74, 6) is 0. The Kier molecular flexibility index (Phi) is 7.30. The first kappa shape index (κ1) is 18.1. The molecule has 0 atom stereocenters. The molecule has 0 fully saturated rings. The molecular formula is C13H25N3O4S. The van der Waals surface area contributed by atoms with Gasteiger partial charge in [0.05, 0.1) is 24.6 Å². The van der Waals surface area contributed by atoms with Crippen molar-refractivity contribution in [2.24, 2.45) is 5.14 Å². The summed E-state index contributed by atoms with van der Waals surface area (Å²) in [5.41, 5.74) is 1.21. The van der Waals surface area contributed by atoms with Gasteiger partial charge < -0.3 is 9.47 Å². The first-order valence-corrected chi connectivity index (χ1v) is 8.68. The maximum absolute atomic E-state index is 11.7. The number of sulfonamides is 1. The van der Waals surface area contributed by atoms with Gasteiger partial charge in [-0.1, -0.05) is 13.8 Å². The molecule has 0 radical (unpaired) electrons. The lowest BCUT2D eigenvalue weighted by atomic mass is 10.2. The summed E-state index contributed by atoms with van der Waals surface area (Å²) in [6.45, 7) is 6.08. The van der Waals surface area contributed by atoms with Crippen molar-refractivity contribution in [1.29, 1.82) is 0 Å². The van der Waals surface area contributed by atoms with Crippen molar-refractivity contribution >= 4 is 10.0 Å². The first-order valence-electron chi connectivity index (χ1n) is 7.13. The van der Waals surface area contributed by atoms with Crippen LogP contribution in [0.3, 0.4) is 0 Å². The lowest BCUT2D eigenvalue weighted by Gasteiger charge is -2.07. The Morgan fingerprint density at radius 3 is 2.43 bits per heavy atom. The van der Waals surface area contributed by atoms with Gasteiger partial charge in [0.25, 0.3) is 0 Å². The Morgan fingerprint density at radius 2 is 1.90 bits per heavy atom. The molecule has 2 N–H and O–H groups in total. The molecule has 8 heteroatoms. The largest absolute Gasteiger partial charge is 0.382 e. The zero-order chi connectivity index (χ0) is 15.9. The van der Waals surface area contributed by atoms with Crippen LogP contribution in [0.25, 0.3) is 0 Å². The second kappa shape index (κ2) is 8.47. The predicted molar refractivity (Wildman–Crippen MR) is 79.7 cm³/mol. The van der Waals surface area contributed by atoms with Crippen LogP contribution in [0.5, 0.6) is 0 Å². The maximum atomic E-state index is 11.7. The molecule has 0 unspecified atom stereocenters. The minimum absolute atomic E-state index is 0.188. The van der Waals surface area contributed by atoms with Crippen molar-refractivity contribution in [3.8, 4) is 0 Å². The Hall–Kier alpha value is -0.960. The average Bonchev–Trinajstić information content (AvgIpc) is 2.80. The number of rotatable bonds is 10. The second-order valence-electron chi connectivity index (χ2n) is 4.66. The molecule has 1 heterocycles. The first-order chi connectivity index (χ1) is 9.95. The standard InChI is InChI=1S/C13H25N3O4S/c1-4-11-13(21(14,17)18)12(5-2)16(15-11)7-6-8-20-10-9-19-3/h4-10H2,1-3H3,(H2,14,17,18). The van der Waals surface area contributed by atoms with Crippen LogP contribution in [0.15, 0.2) is 4.90 Å². The zero-order valence-corrected chi connectivity index (χ0v) is 13.8. The molecule has 122 valence electrons. The number of nitrogens with zero attached hydrogens (tertiary/aromatic N) is 2. The van der Waals surface area contributed by atoms with Gasteiger partial charge in [-0.25, -0.2) is 13.6 Å². The molecule has 1 rings (SSSR count). The van der Waals surface area contributed by atoms with Crippen molar-refractivity contribution in [1.82, 2.24) is 9.78 Å². The van der Waals surface area contributed by atoms with Gasteiger partial charge in [-0.05, 0) is 19.3 Å². The van der Waals surface area contributed by atoms with Crippen LogP contribution in [-0.4, -0.2) is 45.1 Å². The summed E-state index contributed by atoms with van der Waals surface area (Å²) >= 11 is 0. The third-order valence-corrected chi connectivity index (χ3v) is 4.16. The molecule has 7 nitrogen and oxygen atoms in total. The zero-order valence-electron chi connectivity index (χ0n) is 13.0. The summed E-state index contributed by atoms with van der Waals surface area (Å²) in [6, 6.07) is 0. The molecule has 0 aliphatic carbocycles. The summed E-state index contributed by atoms with van der Waals surface area (Å²) < 4.78 is 35.5. The fourth-order valence-electron chi connectivity index (χ4n) is 2.18. The average molecular weight is 319 g/mol. The van der Waals surface area contributed by atoms with Crippen LogP contribution in [-0.2, 0) is 38.9 Å². The van der Waals surface area contributed by atoms with Crippen molar-refractivity contribution in [3.63, 3.8) is 0 Å². The van der Waals surface area contributed by atoms with Crippen LogP contribution >= 0.6 is 0 Å². The van der Waals surface area contributed by atoms with Gasteiger partial charge in [0.15, 0.2) is 0 Å². The Balaban J connectivity index is 2.77. The van der Waals surface area contributed by atoms with Crippen molar-refractivity contribution in [2.45, 2.75) is 44.6 Å². The fraction of sp³-hybridized carbons (Fsp3) is 0.769. The van der Waals surface area contributed by atoms with E-state index >= 15 is 0 Å².